The van der Waals surface area contributed by atoms with Crippen molar-refractivity contribution in [3.63, 3.8) is 0 Å². The lowest BCUT2D eigenvalue weighted by Gasteiger charge is -2.25. The number of hydrogen-bond donors (Lipinski definition) is 5. The zero-order chi connectivity index (χ0) is 21.7. The summed E-state index contributed by atoms with van der Waals surface area (Å²) in [7, 11) is 0. The molecular weight excluding hydrogens is 404 g/mol. The third-order valence-electron chi connectivity index (χ3n) is 3.92. The Kier molecular flexibility index (Phi) is 13.8. The van der Waals surface area contributed by atoms with E-state index in [0.717, 1.165) is 0 Å². The molecule has 0 saturated carbocycles. The van der Waals surface area contributed by atoms with Gasteiger partial charge in [0.15, 0.2) is 0 Å². The van der Waals surface area contributed by atoms with Crippen molar-refractivity contribution in [2.45, 2.75) is 44.8 Å². The number of amides is 3. The van der Waals surface area contributed by atoms with E-state index < -0.39 is 41.8 Å². The molecule has 0 aliphatic carbocycles. The molecule has 0 heterocycles. The van der Waals surface area contributed by atoms with Gasteiger partial charge in [-0.15, -0.1) is 0 Å². The van der Waals surface area contributed by atoms with Crippen LogP contribution in [0.4, 0.5) is 0 Å². The van der Waals surface area contributed by atoms with Gasteiger partial charge in [0, 0.05) is 0 Å². The molecule has 162 valence electrons. The predicted octanol–water partition coefficient (Wildman–Crippen LogP) is -0.354. The average molecular weight is 437 g/mol. The number of carbonyl (C=O) groups is 4. The number of thioether (sulfide) groups is 2. The van der Waals surface area contributed by atoms with Crippen LogP contribution >= 0.6 is 23.5 Å². The third kappa shape index (κ3) is 10.2. The van der Waals surface area contributed by atoms with Gasteiger partial charge >= 0.3 is 5.97 Å². The number of carboxylic acids is 1. The van der Waals surface area contributed by atoms with E-state index in [1.54, 1.807) is 13.8 Å². The molecule has 0 aliphatic rings. The lowest BCUT2D eigenvalue weighted by molar-refractivity contribution is -0.143. The van der Waals surface area contributed by atoms with Gasteiger partial charge in [0.05, 0.1) is 6.54 Å². The second-order valence-corrected chi connectivity index (χ2v) is 8.49. The Bertz CT molecular complexity index is 534. The average Bonchev–Trinajstić information content (AvgIpc) is 2.64. The van der Waals surface area contributed by atoms with Crippen molar-refractivity contribution in [1.29, 1.82) is 0 Å². The fraction of sp³-hybridized carbons (Fsp3) is 0.765. The first kappa shape index (κ1) is 26.5. The molecule has 0 aromatic rings. The molecule has 0 radical (unpaired) electrons. The zero-order valence-corrected chi connectivity index (χ0v) is 18.5. The maximum absolute atomic E-state index is 12.7. The van der Waals surface area contributed by atoms with Gasteiger partial charge in [-0.25, -0.2) is 4.79 Å². The molecule has 0 rings (SSSR count). The number of nitrogens with one attached hydrogen (secondary N) is 3. The van der Waals surface area contributed by atoms with Crippen LogP contribution in [0.5, 0.6) is 0 Å². The molecule has 0 spiro atoms. The normalized spacial score (nSPS) is 14.1. The molecule has 6 N–H and O–H groups in total. The minimum Gasteiger partial charge on any atom is -0.480 e. The van der Waals surface area contributed by atoms with E-state index in [0.29, 0.717) is 24.3 Å². The van der Waals surface area contributed by atoms with Crippen LogP contribution in [0.2, 0.25) is 0 Å². The van der Waals surface area contributed by atoms with Gasteiger partial charge in [-0.3, -0.25) is 14.4 Å². The molecule has 0 aromatic carbocycles. The van der Waals surface area contributed by atoms with Crippen LogP contribution in [-0.4, -0.2) is 77.5 Å². The smallest absolute Gasteiger partial charge is 0.326 e. The monoisotopic (exact) mass is 436 g/mol. The summed E-state index contributed by atoms with van der Waals surface area (Å²) in [5, 5.41) is 17.0. The molecule has 0 saturated heterocycles. The summed E-state index contributed by atoms with van der Waals surface area (Å²) in [6.07, 6.45) is 4.47. The van der Waals surface area contributed by atoms with Gasteiger partial charge < -0.3 is 26.8 Å². The molecule has 0 bridgehead atoms. The van der Waals surface area contributed by atoms with Gasteiger partial charge in [0.2, 0.25) is 17.7 Å². The Morgan fingerprint density at radius 3 is 1.75 bits per heavy atom. The molecule has 9 nitrogen and oxygen atoms in total. The lowest BCUT2D eigenvalue weighted by atomic mass is 10.0. The van der Waals surface area contributed by atoms with Crippen molar-refractivity contribution in [2.75, 3.05) is 30.6 Å². The van der Waals surface area contributed by atoms with Crippen LogP contribution < -0.4 is 21.7 Å². The summed E-state index contributed by atoms with van der Waals surface area (Å²) in [6.45, 7) is 3.14. The molecule has 3 unspecified atom stereocenters. The highest BCUT2D eigenvalue weighted by atomic mass is 32.2. The van der Waals surface area contributed by atoms with Crippen LogP contribution in [0.25, 0.3) is 0 Å². The van der Waals surface area contributed by atoms with Gasteiger partial charge in [-0.05, 0) is 42.8 Å². The summed E-state index contributed by atoms with van der Waals surface area (Å²) in [6, 6.07) is -2.76. The predicted molar refractivity (Wildman–Crippen MR) is 113 cm³/mol. The van der Waals surface area contributed by atoms with Crippen molar-refractivity contribution in [1.82, 2.24) is 16.0 Å². The lowest BCUT2D eigenvalue weighted by Crippen LogP contribution is -2.57. The quantitative estimate of drug-likeness (QED) is 0.248. The fourth-order valence-corrected chi connectivity index (χ4v) is 3.24. The first-order valence-corrected chi connectivity index (χ1v) is 11.8. The van der Waals surface area contributed by atoms with Crippen LogP contribution in [0.1, 0.15) is 26.7 Å². The number of rotatable bonds is 14. The van der Waals surface area contributed by atoms with Gasteiger partial charge in [-0.1, -0.05) is 13.8 Å². The topological polar surface area (TPSA) is 151 Å². The molecule has 0 fully saturated rings. The maximum atomic E-state index is 12.7. The molecule has 3 atom stereocenters. The van der Waals surface area contributed by atoms with E-state index in [1.807, 2.05) is 12.5 Å². The highest BCUT2D eigenvalue weighted by Crippen LogP contribution is 2.07. The first-order valence-electron chi connectivity index (χ1n) is 8.98. The summed E-state index contributed by atoms with van der Waals surface area (Å²) in [4.78, 5) is 48.2. The maximum Gasteiger partial charge on any atom is 0.326 e. The van der Waals surface area contributed by atoms with E-state index in [9.17, 15) is 24.3 Å². The summed E-state index contributed by atoms with van der Waals surface area (Å²) in [5.74, 6) is -1.72. The minimum atomic E-state index is -1.13. The van der Waals surface area contributed by atoms with Crippen LogP contribution in [0.3, 0.4) is 0 Å². The fourth-order valence-electron chi connectivity index (χ4n) is 2.30. The third-order valence-corrected chi connectivity index (χ3v) is 5.21. The van der Waals surface area contributed by atoms with E-state index >= 15 is 0 Å². The van der Waals surface area contributed by atoms with Crippen molar-refractivity contribution in [3.05, 3.63) is 0 Å². The van der Waals surface area contributed by atoms with Crippen LogP contribution in [-0.2, 0) is 19.2 Å². The second-order valence-electron chi connectivity index (χ2n) is 6.52. The highest BCUT2D eigenvalue weighted by Gasteiger charge is 2.30. The van der Waals surface area contributed by atoms with Crippen molar-refractivity contribution < 1.29 is 24.3 Å². The Labute approximate surface area is 174 Å². The van der Waals surface area contributed by atoms with Crippen LogP contribution in [0.15, 0.2) is 0 Å². The summed E-state index contributed by atoms with van der Waals surface area (Å²) >= 11 is 3.03. The molecule has 28 heavy (non-hydrogen) atoms. The van der Waals surface area contributed by atoms with Gasteiger partial charge in [-0.2, -0.15) is 23.5 Å². The van der Waals surface area contributed by atoms with E-state index in [2.05, 4.69) is 16.0 Å². The molecule has 3 amide bonds. The largest absolute Gasteiger partial charge is 0.480 e. The number of carbonyl (C=O) groups excluding carboxylic acids is 3. The molecule has 11 heteroatoms. The standard InChI is InChI=1S/C17H32N4O5S2/c1-10(2)14(17(25)26)21-16(24)12(6-8-28-4)20-15(23)11(5-7-27-3)19-13(22)9-18/h10-12,14H,5-9,18H2,1-4H3,(H,19,22)(H,20,23)(H,21,24)(H,25,26). The summed E-state index contributed by atoms with van der Waals surface area (Å²) in [5.41, 5.74) is 5.30. The van der Waals surface area contributed by atoms with Crippen molar-refractivity contribution in [2.24, 2.45) is 11.7 Å². The minimum absolute atomic E-state index is 0.242. The Hall–Kier alpha value is -1.46. The van der Waals surface area contributed by atoms with Crippen molar-refractivity contribution >= 4 is 47.2 Å². The second kappa shape index (κ2) is 14.5. The van der Waals surface area contributed by atoms with E-state index in [1.165, 1.54) is 23.5 Å². The molecular formula is C17H32N4O5S2. The van der Waals surface area contributed by atoms with Crippen LogP contribution in [0, 0.1) is 5.92 Å². The Balaban J connectivity index is 5.24. The van der Waals surface area contributed by atoms with E-state index in [4.69, 9.17) is 5.73 Å². The number of carboxylic acid groups (broad SMARTS) is 1. The van der Waals surface area contributed by atoms with Crippen molar-refractivity contribution in [3.8, 4) is 0 Å². The number of nitrogens with two attached hydrogens (primary N) is 1. The number of hydrogen-bond acceptors (Lipinski definition) is 7. The molecule has 0 aromatic heterocycles. The van der Waals surface area contributed by atoms with Gasteiger partial charge in [0.25, 0.3) is 0 Å². The Morgan fingerprint density at radius 2 is 1.36 bits per heavy atom. The SMILES string of the molecule is CSCCC(NC(=O)CN)C(=O)NC(CCSC)C(=O)NC(C(=O)O)C(C)C. The number of aliphatic carboxylic acids is 1. The highest BCUT2D eigenvalue weighted by molar-refractivity contribution is 7.98. The van der Waals surface area contributed by atoms with E-state index in [-0.39, 0.29) is 12.5 Å². The molecule has 0 aliphatic heterocycles. The zero-order valence-electron chi connectivity index (χ0n) is 16.8. The van der Waals surface area contributed by atoms with Gasteiger partial charge in [0.1, 0.15) is 18.1 Å². The Morgan fingerprint density at radius 1 is 0.893 bits per heavy atom. The first-order chi connectivity index (χ1) is 13.2. The summed E-state index contributed by atoms with van der Waals surface area (Å²) < 4.78 is 0.